The van der Waals surface area contributed by atoms with Gasteiger partial charge in [0.15, 0.2) is 0 Å². The van der Waals surface area contributed by atoms with Crippen molar-refractivity contribution in [2.45, 2.75) is 12.8 Å². The summed E-state index contributed by atoms with van der Waals surface area (Å²) in [6.45, 7) is 3.19. The molecule has 2 heterocycles. The van der Waals surface area contributed by atoms with Gasteiger partial charge in [-0.2, -0.15) is 0 Å². The molecule has 7 heteroatoms. The van der Waals surface area contributed by atoms with E-state index in [1.54, 1.807) is 13.3 Å². The van der Waals surface area contributed by atoms with Crippen LogP contribution >= 0.6 is 15.9 Å². The molecule has 1 saturated heterocycles. The van der Waals surface area contributed by atoms with Gasteiger partial charge in [-0.25, -0.2) is 4.98 Å². The van der Waals surface area contributed by atoms with E-state index in [1.165, 1.54) is 0 Å². The first-order valence-corrected chi connectivity index (χ1v) is 8.57. The molecule has 0 unspecified atom stereocenters. The third-order valence-electron chi connectivity index (χ3n) is 4.24. The molecule has 23 heavy (non-hydrogen) atoms. The number of hydrogen-bond donors (Lipinski definition) is 2. The molecule has 2 rings (SSSR count). The molecule has 0 aromatic carbocycles. The van der Waals surface area contributed by atoms with Crippen molar-refractivity contribution in [2.24, 2.45) is 5.41 Å². The van der Waals surface area contributed by atoms with E-state index in [9.17, 15) is 4.79 Å². The molecule has 1 aromatic rings. The number of carbonyl (C=O) groups excluding carboxylic acids is 1. The maximum atomic E-state index is 12.7. The van der Waals surface area contributed by atoms with Crippen molar-refractivity contribution in [3.05, 3.63) is 22.3 Å². The normalized spacial score (nSPS) is 16.9. The van der Waals surface area contributed by atoms with Crippen LogP contribution < -0.4 is 15.5 Å². The predicted octanol–water partition coefficient (Wildman–Crippen LogP) is 1.66. The minimum absolute atomic E-state index is 0.00732. The first-order chi connectivity index (χ1) is 11.0. The van der Waals surface area contributed by atoms with E-state index in [4.69, 9.17) is 4.74 Å². The second-order valence-corrected chi connectivity index (χ2v) is 7.20. The highest BCUT2D eigenvalue weighted by Gasteiger charge is 2.32. The number of nitrogens with one attached hydrogen (secondary N) is 2. The molecular formula is C16H25BrN4O2. The maximum Gasteiger partial charge on any atom is 0.255 e. The highest BCUT2D eigenvalue weighted by atomic mass is 79.9. The molecule has 1 fully saturated rings. The Hall–Kier alpha value is -1.18. The van der Waals surface area contributed by atoms with Crippen LogP contribution in [0.2, 0.25) is 0 Å². The van der Waals surface area contributed by atoms with E-state index in [0.717, 1.165) is 30.4 Å². The number of carbonyl (C=O) groups is 1. The van der Waals surface area contributed by atoms with E-state index < -0.39 is 0 Å². The third-order valence-corrected chi connectivity index (χ3v) is 4.67. The molecule has 2 N–H and O–H groups in total. The van der Waals surface area contributed by atoms with Gasteiger partial charge in [0.2, 0.25) is 0 Å². The van der Waals surface area contributed by atoms with E-state index in [0.29, 0.717) is 24.5 Å². The fourth-order valence-corrected chi connectivity index (χ4v) is 3.29. The van der Waals surface area contributed by atoms with E-state index in [-0.39, 0.29) is 11.3 Å². The number of hydrogen-bond acceptors (Lipinski definition) is 5. The van der Waals surface area contributed by atoms with Crippen molar-refractivity contribution in [1.29, 1.82) is 0 Å². The number of piperidine rings is 1. The minimum Gasteiger partial charge on any atom is -0.384 e. The van der Waals surface area contributed by atoms with E-state index >= 15 is 0 Å². The Morgan fingerprint density at radius 1 is 1.48 bits per heavy atom. The van der Waals surface area contributed by atoms with Gasteiger partial charge in [0.1, 0.15) is 5.82 Å². The molecule has 128 valence electrons. The molecule has 1 aliphatic rings. The summed E-state index contributed by atoms with van der Waals surface area (Å²) in [6.07, 6.45) is 3.70. The van der Waals surface area contributed by atoms with Crippen LogP contribution in [0.4, 0.5) is 5.82 Å². The zero-order valence-electron chi connectivity index (χ0n) is 14.0. The molecule has 0 spiro atoms. The molecule has 1 aromatic heterocycles. The average Bonchev–Trinajstić information content (AvgIpc) is 2.53. The summed E-state index contributed by atoms with van der Waals surface area (Å²) in [4.78, 5) is 18.8. The molecule has 0 radical (unpaired) electrons. The summed E-state index contributed by atoms with van der Waals surface area (Å²) in [5, 5.41) is 6.44. The number of nitrogens with zero attached hydrogens (tertiary/aromatic N) is 2. The molecule has 1 amide bonds. The van der Waals surface area contributed by atoms with Crippen molar-refractivity contribution in [2.75, 3.05) is 52.3 Å². The Bertz CT molecular complexity index is 539. The van der Waals surface area contributed by atoms with E-state index in [2.05, 4.69) is 31.5 Å². The Morgan fingerprint density at radius 2 is 2.17 bits per heavy atom. The Kier molecular flexibility index (Phi) is 6.38. The highest BCUT2D eigenvalue weighted by Crippen LogP contribution is 2.28. The standard InChI is InChI=1S/C16H25BrN4O2/c1-21(2)14-13(8-12(17)9-19-14)15(22)20-10-16(11-23-3)4-6-18-7-5-16/h8-9,18H,4-7,10-11H2,1-3H3,(H,20,22). The fourth-order valence-electron chi connectivity index (χ4n) is 2.95. The van der Waals surface area contributed by atoms with Crippen molar-refractivity contribution in [1.82, 2.24) is 15.6 Å². The molecule has 0 aliphatic carbocycles. The number of ether oxygens (including phenoxy) is 1. The van der Waals surface area contributed by atoms with Gasteiger partial charge in [-0.1, -0.05) is 0 Å². The van der Waals surface area contributed by atoms with Gasteiger partial charge in [-0.05, 0) is 47.9 Å². The summed E-state index contributed by atoms with van der Waals surface area (Å²) in [5.41, 5.74) is 0.582. The highest BCUT2D eigenvalue weighted by molar-refractivity contribution is 9.10. The summed E-state index contributed by atoms with van der Waals surface area (Å²) < 4.78 is 6.19. The fraction of sp³-hybridized carbons (Fsp3) is 0.625. The molecule has 1 aliphatic heterocycles. The number of methoxy groups -OCH3 is 1. The van der Waals surface area contributed by atoms with Gasteiger partial charge in [0, 0.05) is 43.8 Å². The quantitative estimate of drug-likeness (QED) is 0.780. The lowest BCUT2D eigenvalue weighted by molar-refractivity contribution is 0.0512. The van der Waals surface area contributed by atoms with Gasteiger partial charge in [-0.3, -0.25) is 4.79 Å². The summed E-state index contributed by atoms with van der Waals surface area (Å²) in [7, 11) is 5.48. The Balaban J connectivity index is 2.10. The lowest BCUT2D eigenvalue weighted by Crippen LogP contribution is -2.47. The van der Waals surface area contributed by atoms with Crippen molar-refractivity contribution in [3.8, 4) is 0 Å². The summed E-state index contributed by atoms with van der Waals surface area (Å²) in [5.74, 6) is 0.563. The maximum absolute atomic E-state index is 12.7. The van der Waals surface area contributed by atoms with Crippen molar-refractivity contribution >= 4 is 27.7 Å². The van der Waals surface area contributed by atoms with E-state index in [1.807, 2.05) is 25.1 Å². The van der Waals surface area contributed by atoms with Gasteiger partial charge >= 0.3 is 0 Å². The summed E-state index contributed by atoms with van der Waals surface area (Å²) >= 11 is 3.39. The molecule has 0 bridgehead atoms. The molecular weight excluding hydrogens is 360 g/mol. The van der Waals surface area contributed by atoms with Crippen molar-refractivity contribution < 1.29 is 9.53 Å². The van der Waals surface area contributed by atoms with Crippen LogP contribution in [-0.2, 0) is 4.74 Å². The number of aromatic nitrogens is 1. The lowest BCUT2D eigenvalue weighted by atomic mass is 9.79. The number of halogens is 1. The van der Waals surface area contributed by atoms with Crippen LogP contribution in [0.15, 0.2) is 16.7 Å². The average molecular weight is 385 g/mol. The minimum atomic E-state index is -0.100. The predicted molar refractivity (Wildman–Crippen MR) is 95.0 cm³/mol. The van der Waals surface area contributed by atoms with Crippen LogP contribution in [0.3, 0.4) is 0 Å². The first-order valence-electron chi connectivity index (χ1n) is 7.78. The van der Waals surface area contributed by atoms with Crippen LogP contribution in [0.5, 0.6) is 0 Å². The lowest BCUT2D eigenvalue weighted by Gasteiger charge is -2.37. The first kappa shape index (κ1) is 18.2. The SMILES string of the molecule is COCC1(CNC(=O)c2cc(Br)cnc2N(C)C)CCNCC1. The second-order valence-electron chi connectivity index (χ2n) is 6.28. The van der Waals surface area contributed by atoms with Crippen LogP contribution in [0.1, 0.15) is 23.2 Å². The third kappa shape index (κ3) is 4.65. The molecule has 6 nitrogen and oxygen atoms in total. The van der Waals surface area contributed by atoms with Crippen molar-refractivity contribution in [3.63, 3.8) is 0 Å². The molecule has 0 saturated carbocycles. The zero-order chi connectivity index (χ0) is 16.9. The second kappa shape index (κ2) is 8.08. The molecule has 0 atom stereocenters. The number of pyridine rings is 1. The Morgan fingerprint density at radius 3 is 2.78 bits per heavy atom. The number of amides is 1. The smallest absolute Gasteiger partial charge is 0.255 e. The van der Waals surface area contributed by atoms with Gasteiger partial charge in [0.25, 0.3) is 5.91 Å². The van der Waals surface area contributed by atoms with Crippen LogP contribution in [-0.4, -0.2) is 58.3 Å². The monoisotopic (exact) mass is 384 g/mol. The van der Waals surface area contributed by atoms with Crippen LogP contribution in [0, 0.1) is 5.41 Å². The van der Waals surface area contributed by atoms with Gasteiger partial charge in [0.05, 0.1) is 12.2 Å². The topological polar surface area (TPSA) is 66.5 Å². The van der Waals surface area contributed by atoms with Gasteiger partial charge < -0.3 is 20.3 Å². The summed E-state index contributed by atoms with van der Waals surface area (Å²) in [6, 6.07) is 1.81. The van der Waals surface area contributed by atoms with Gasteiger partial charge in [-0.15, -0.1) is 0 Å². The number of anilines is 1. The number of rotatable bonds is 6. The largest absolute Gasteiger partial charge is 0.384 e. The Labute approximate surface area is 146 Å². The zero-order valence-corrected chi connectivity index (χ0v) is 15.6. The van der Waals surface area contributed by atoms with Crippen LogP contribution in [0.25, 0.3) is 0 Å².